The number of rotatable bonds is 1. The van der Waals surface area contributed by atoms with Gasteiger partial charge in [-0.05, 0) is 32.7 Å². The molecule has 2 heterocycles. The molecule has 0 saturated carbocycles. The van der Waals surface area contributed by atoms with Crippen LogP contribution in [0.4, 0.5) is 4.79 Å². The van der Waals surface area contributed by atoms with Gasteiger partial charge in [-0.2, -0.15) is 4.99 Å². The van der Waals surface area contributed by atoms with Crippen molar-refractivity contribution in [3.63, 3.8) is 0 Å². The fourth-order valence-corrected chi connectivity index (χ4v) is 2.98. The van der Waals surface area contributed by atoms with Crippen molar-refractivity contribution in [2.24, 2.45) is 16.6 Å². The summed E-state index contributed by atoms with van der Waals surface area (Å²) in [6.45, 7) is 7.93. The molecule has 2 aliphatic heterocycles. The van der Waals surface area contributed by atoms with Crippen molar-refractivity contribution >= 4 is 11.9 Å². The zero-order chi connectivity index (χ0) is 11.9. The number of nitrogens with one attached hydrogen (secondary N) is 1. The largest absolute Gasteiger partial charge is 0.385 e. The predicted molar refractivity (Wildman–Crippen MR) is 63.4 cm³/mol. The van der Waals surface area contributed by atoms with Gasteiger partial charge in [-0.25, -0.2) is 4.79 Å². The molecule has 1 saturated heterocycles. The average Bonchev–Trinajstić information content (AvgIpc) is 2.44. The fraction of sp³-hybridized carbons (Fsp3) is 0.818. The maximum atomic E-state index is 11.9. The minimum absolute atomic E-state index is 0.137. The van der Waals surface area contributed by atoms with E-state index in [2.05, 4.69) is 17.2 Å². The predicted octanol–water partition coefficient (Wildman–Crippen LogP) is 0.556. The van der Waals surface area contributed by atoms with Crippen LogP contribution in [-0.2, 0) is 0 Å². The number of piperidine rings is 1. The van der Waals surface area contributed by atoms with Crippen molar-refractivity contribution in [3.8, 4) is 0 Å². The number of carbonyl (C=O) groups is 1. The number of carbonyl (C=O) groups excluding carboxylic acids is 1. The van der Waals surface area contributed by atoms with Crippen molar-refractivity contribution < 1.29 is 4.79 Å². The maximum Gasteiger partial charge on any atom is 0.346 e. The lowest BCUT2D eigenvalue weighted by molar-refractivity contribution is 0.0882. The van der Waals surface area contributed by atoms with Crippen molar-refractivity contribution in [2.45, 2.75) is 38.8 Å². The molecule has 0 aromatic carbocycles. The molecule has 0 bridgehead atoms. The van der Waals surface area contributed by atoms with Crippen molar-refractivity contribution in [2.75, 3.05) is 13.1 Å². The van der Waals surface area contributed by atoms with Crippen molar-refractivity contribution in [1.82, 2.24) is 10.2 Å². The van der Waals surface area contributed by atoms with Gasteiger partial charge in [-0.15, -0.1) is 0 Å². The van der Waals surface area contributed by atoms with Crippen LogP contribution in [-0.4, -0.2) is 41.4 Å². The highest BCUT2D eigenvalue weighted by molar-refractivity contribution is 6.06. The zero-order valence-electron chi connectivity index (χ0n) is 10.2. The number of nitrogens with zero attached hydrogens (tertiary/aromatic N) is 2. The van der Waals surface area contributed by atoms with E-state index in [-0.39, 0.29) is 17.6 Å². The van der Waals surface area contributed by atoms with E-state index in [1.54, 1.807) is 0 Å². The Bertz CT molecular complexity index is 339. The number of nitrogens with two attached hydrogens (primary N) is 1. The van der Waals surface area contributed by atoms with Crippen molar-refractivity contribution in [1.29, 1.82) is 0 Å². The van der Waals surface area contributed by atoms with E-state index in [1.807, 2.05) is 18.7 Å². The topological polar surface area (TPSA) is 70.7 Å². The smallest absolute Gasteiger partial charge is 0.346 e. The van der Waals surface area contributed by atoms with Gasteiger partial charge in [0, 0.05) is 12.6 Å². The minimum atomic E-state index is -0.351. The minimum Gasteiger partial charge on any atom is -0.385 e. The number of hydrogen-bond donors (Lipinski definition) is 2. The van der Waals surface area contributed by atoms with Crippen molar-refractivity contribution in [3.05, 3.63) is 0 Å². The number of amides is 2. The highest BCUT2D eigenvalue weighted by atomic mass is 16.2. The molecule has 2 unspecified atom stereocenters. The van der Waals surface area contributed by atoms with Crippen LogP contribution in [0.2, 0.25) is 0 Å². The Morgan fingerprint density at radius 3 is 2.88 bits per heavy atom. The summed E-state index contributed by atoms with van der Waals surface area (Å²) in [7, 11) is 0. The van der Waals surface area contributed by atoms with Gasteiger partial charge in [0.25, 0.3) is 0 Å². The summed E-state index contributed by atoms with van der Waals surface area (Å²) in [4.78, 5) is 17.7. The lowest BCUT2D eigenvalue weighted by atomic mass is 9.77. The first kappa shape index (κ1) is 11.4. The van der Waals surface area contributed by atoms with Gasteiger partial charge in [-0.3, -0.25) is 0 Å². The second kappa shape index (κ2) is 3.73. The third kappa shape index (κ3) is 1.34. The highest BCUT2D eigenvalue weighted by Gasteiger charge is 2.53. The zero-order valence-corrected chi connectivity index (χ0v) is 10.2. The standard InChI is InChI=1S/C11H20N4O/c1-7(2)15-10(16)14-9(12)11(15)4-5-13-6-8(11)3/h7-8,13H,4-6H2,1-3H3,(H2,12,14,16). The van der Waals surface area contributed by atoms with Gasteiger partial charge in [-0.1, -0.05) is 6.92 Å². The first-order valence-corrected chi connectivity index (χ1v) is 5.89. The number of aliphatic imine (C=N–C) groups is 1. The molecule has 0 aromatic rings. The second-order valence-electron chi connectivity index (χ2n) is 5.02. The van der Waals surface area contributed by atoms with Crippen LogP contribution in [0.1, 0.15) is 27.2 Å². The van der Waals surface area contributed by atoms with E-state index >= 15 is 0 Å². The van der Waals surface area contributed by atoms with E-state index < -0.39 is 0 Å². The van der Waals surface area contributed by atoms with Crippen LogP contribution in [0.15, 0.2) is 4.99 Å². The second-order valence-corrected chi connectivity index (χ2v) is 5.02. The molecule has 2 aliphatic rings. The molecule has 5 heteroatoms. The third-order valence-electron chi connectivity index (χ3n) is 3.76. The maximum absolute atomic E-state index is 11.9. The van der Waals surface area contributed by atoms with Crippen LogP contribution in [0.5, 0.6) is 0 Å². The van der Waals surface area contributed by atoms with E-state index in [4.69, 9.17) is 5.73 Å². The summed E-state index contributed by atoms with van der Waals surface area (Å²) in [5, 5.41) is 3.33. The molecule has 1 fully saturated rings. The Morgan fingerprint density at radius 1 is 1.62 bits per heavy atom. The van der Waals surface area contributed by atoms with E-state index in [0.717, 1.165) is 19.5 Å². The first-order chi connectivity index (χ1) is 7.50. The monoisotopic (exact) mass is 224 g/mol. The SMILES string of the molecule is CC(C)N1C(=O)N=C(N)C12CCNCC2C. The Labute approximate surface area is 96.1 Å². The summed E-state index contributed by atoms with van der Waals surface area (Å²) >= 11 is 0. The molecule has 0 radical (unpaired) electrons. The molecule has 1 spiro atoms. The van der Waals surface area contributed by atoms with Gasteiger partial charge < -0.3 is 16.0 Å². The number of amidine groups is 1. The Balaban J connectivity index is 2.42. The molecule has 2 amide bonds. The number of urea groups is 1. The summed E-state index contributed by atoms with van der Waals surface area (Å²) in [6.07, 6.45) is 0.855. The van der Waals surface area contributed by atoms with Gasteiger partial charge in [0.05, 0.1) is 0 Å². The normalized spacial score (nSPS) is 35.0. The summed E-state index contributed by atoms with van der Waals surface area (Å²) in [5.74, 6) is 0.805. The molecule has 0 aromatic heterocycles. The third-order valence-corrected chi connectivity index (χ3v) is 3.76. The molecular weight excluding hydrogens is 204 g/mol. The van der Waals surface area contributed by atoms with Gasteiger partial charge in [0.1, 0.15) is 11.4 Å². The molecule has 5 nitrogen and oxygen atoms in total. The first-order valence-electron chi connectivity index (χ1n) is 5.89. The van der Waals surface area contributed by atoms with Crippen LogP contribution in [0.3, 0.4) is 0 Å². The average molecular weight is 224 g/mol. The molecular formula is C11H20N4O. The summed E-state index contributed by atoms with van der Waals surface area (Å²) in [5.41, 5.74) is 5.66. The van der Waals surface area contributed by atoms with E-state index in [0.29, 0.717) is 11.8 Å². The molecule has 2 rings (SSSR count). The molecule has 90 valence electrons. The molecule has 16 heavy (non-hydrogen) atoms. The van der Waals surface area contributed by atoms with E-state index in [1.165, 1.54) is 0 Å². The number of hydrogen-bond acceptors (Lipinski definition) is 3. The van der Waals surface area contributed by atoms with Gasteiger partial charge in [0.15, 0.2) is 0 Å². The van der Waals surface area contributed by atoms with E-state index in [9.17, 15) is 4.79 Å². The van der Waals surface area contributed by atoms with Gasteiger partial charge >= 0.3 is 6.03 Å². The van der Waals surface area contributed by atoms with Crippen LogP contribution in [0.25, 0.3) is 0 Å². The lowest BCUT2D eigenvalue weighted by Crippen LogP contribution is -2.65. The lowest BCUT2D eigenvalue weighted by Gasteiger charge is -2.47. The van der Waals surface area contributed by atoms with Crippen LogP contribution in [0, 0.1) is 5.92 Å². The highest BCUT2D eigenvalue weighted by Crippen LogP contribution is 2.37. The molecule has 0 aliphatic carbocycles. The van der Waals surface area contributed by atoms with Crippen LogP contribution < -0.4 is 11.1 Å². The Kier molecular flexibility index (Phi) is 2.66. The summed E-state index contributed by atoms with van der Waals surface area (Å²) < 4.78 is 0. The molecule has 2 atom stereocenters. The van der Waals surface area contributed by atoms with Gasteiger partial charge in [0.2, 0.25) is 0 Å². The fourth-order valence-electron chi connectivity index (χ4n) is 2.98. The Morgan fingerprint density at radius 2 is 2.31 bits per heavy atom. The van der Waals surface area contributed by atoms with Crippen LogP contribution >= 0.6 is 0 Å². The quantitative estimate of drug-likeness (QED) is 0.683. The summed E-state index contributed by atoms with van der Waals surface area (Å²) in [6, 6.07) is -0.0425. The Hall–Kier alpha value is -1.10. The molecule has 3 N–H and O–H groups in total.